The van der Waals surface area contributed by atoms with Gasteiger partial charge in [-0.05, 0) is 42.0 Å². The van der Waals surface area contributed by atoms with Crippen molar-refractivity contribution in [1.29, 1.82) is 0 Å². The Morgan fingerprint density at radius 3 is 2.54 bits per heavy atom. The molecule has 0 unspecified atom stereocenters. The molecule has 2 aromatic carbocycles. The lowest BCUT2D eigenvalue weighted by Crippen LogP contribution is -2.64. The zero-order valence-corrected chi connectivity index (χ0v) is 13.6. The summed E-state index contributed by atoms with van der Waals surface area (Å²) in [5.74, 6) is 1.93. The van der Waals surface area contributed by atoms with E-state index in [0.29, 0.717) is 17.4 Å². The molecular weight excluding hydrogens is 300 g/mol. The van der Waals surface area contributed by atoms with Crippen LogP contribution in [0.3, 0.4) is 0 Å². The van der Waals surface area contributed by atoms with Crippen molar-refractivity contribution in [3.05, 3.63) is 42.0 Å². The van der Waals surface area contributed by atoms with Gasteiger partial charge in [0.1, 0.15) is 5.75 Å². The number of amides is 1. The van der Waals surface area contributed by atoms with Crippen LogP contribution in [0.1, 0.15) is 23.2 Å². The molecule has 2 atom stereocenters. The number of phenols is 1. The highest BCUT2D eigenvalue weighted by Crippen LogP contribution is 2.43. The number of carbonyl (C=O) groups is 1. The third kappa shape index (κ3) is 2.13. The number of nitrogens with one attached hydrogen (secondary N) is 1. The van der Waals surface area contributed by atoms with Gasteiger partial charge in [-0.3, -0.25) is 4.79 Å². The Morgan fingerprint density at radius 1 is 1.04 bits per heavy atom. The second-order valence-corrected chi connectivity index (χ2v) is 7.76. The van der Waals surface area contributed by atoms with Crippen molar-refractivity contribution >= 4 is 16.7 Å². The first-order valence-corrected chi connectivity index (χ1v) is 8.93. The Balaban J connectivity index is 1.42. The number of benzene rings is 2. The van der Waals surface area contributed by atoms with E-state index in [0.717, 1.165) is 29.8 Å². The van der Waals surface area contributed by atoms with Crippen LogP contribution in [-0.2, 0) is 0 Å². The summed E-state index contributed by atoms with van der Waals surface area (Å²) in [7, 11) is 0. The number of aromatic hydroxyl groups is 1. The van der Waals surface area contributed by atoms with Crippen LogP contribution in [0.15, 0.2) is 36.4 Å². The topological polar surface area (TPSA) is 52.6 Å². The standard InChI is InChI=1S/C20H22N2O2/c23-19-16-4-2-1-3-13(16)5-6-17(19)20(24)21-18-14-7-12-8-15(18)11-22(9-12)10-14/h1-6,12,14-15,18,23H,7-11H2,(H,21,24)/t12?,14-,15-,18?/m0/s1. The summed E-state index contributed by atoms with van der Waals surface area (Å²) in [6.45, 7) is 3.47. The van der Waals surface area contributed by atoms with Crippen molar-refractivity contribution < 1.29 is 9.90 Å². The van der Waals surface area contributed by atoms with E-state index in [9.17, 15) is 9.90 Å². The molecule has 24 heavy (non-hydrogen) atoms. The van der Waals surface area contributed by atoms with Gasteiger partial charge >= 0.3 is 0 Å². The van der Waals surface area contributed by atoms with Crippen molar-refractivity contribution in [2.24, 2.45) is 17.8 Å². The fourth-order valence-corrected chi connectivity index (χ4v) is 5.31. The lowest BCUT2D eigenvalue weighted by atomic mass is 9.65. The number of fused-ring (bicyclic) bond motifs is 1. The van der Waals surface area contributed by atoms with Crippen molar-refractivity contribution in [3.63, 3.8) is 0 Å². The van der Waals surface area contributed by atoms with E-state index in [2.05, 4.69) is 10.2 Å². The second kappa shape index (κ2) is 5.21. The van der Waals surface area contributed by atoms with Gasteiger partial charge in [0.2, 0.25) is 0 Å². The normalized spacial score (nSPS) is 33.8. The van der Waals surface area contributed by atoms with Crippen LogP contribution >= 0.6 is 0 Å². The van der Waals surface area contributed by atoms with Crippen LogP contribution in [0.25, 0.3) is 10.8 Å². The van der Waals surface area contributed by atoms with E-state index in [1.54, 1.807) is 6.07 Å². The number of hydrogen-bond acceptors (Lipinski definition) is 3. The molecule has 0 radical (unpaired) electrons. The molecule has 2 N–H and O–H groups in total. The zero-order chi connectivity index (χ0) is 16.3. The number of rotatable bonds is 2. The van der Waals surface area contributed by atoms with Gasteiger partial charge in [0.15, 0.2) is 0 Å². The fraction of sp³-hybridized carbons (Fsp3) is 0.450. The number of carbonyl (C=O) groups excluding carboxylic acids is 1. The van der Waals surface area contributed by atoms with Crippen molar-refractivity contribution in [2.75, 3.05) is 19.6 Å². The monoisotopic (exact) mass is 322 g/mol. The molecule has 4 aliphatic rings. The first-order chi connectivity index (χ1) is 11.7. The van der Waals surface area contributed by atoms with Crippen LogP contribution in [-0.4, -0.2) is 41.6 Å². The highest BCUT2D eigenvalue weighted by atomic mass is 16.3. The van der Waals surface area contributed by atoms with Crippen LogP contribution in [0.2, 0.25) is 0 Å². The molecule has 0 spiro atoms. The molecule has 6 rings (SSSR count). The SMILES string of the molecule is O=C(NC1[C@H]2CC3C[C@H]1CN(C3)C2)c1ccc2ccccc2c1O. The van der Waals surface area contributed by atoms with Crippen molar-refractivity contribution in [1.82, 2.24) is 10.2 Å². The van der Waals surface area contributed by atoms with Gasteiger partial charge in [-0.15, -0.1) is 0 Å². The molecule has 3 saturated heterocycles. The van der Waals surface area contributed by atoms with E-state index >= 15 is 0 Å². The van der Waals surface area contributed by atoms with Crippen LogP contribution in [0.5, 0.6) is 5.75 Å². The average Bonchev–Trinajstić information content (AvgIpc) is 2.58. The fourth-order valence-electron chi connectivity index (χ4n) is 5.31. The molecule has 2 aromatic rings. The van der Waals surface area contributed by atoms with E-state index in [1.807, 2.05) is 30.3 Å². The third-order valence-electron chi connectivity index (χ3n) is 6.23. The van der Waals surface area contributed by atoms with Crippen molar-refractivity contribution in [2.45, 2.75) is 18.9 Å². The Labute approximate surface area is 141 Å². The summed E-state index contributed by atoms with van der Waals surface area (Å²) in [5.41, 5.74) is 0.391. The summed E-state index contributed by atoms with van der Waals surface area (Å²) in [5, 5.41) is 15.5. The summed E-state index contributed by atoms with van der Waals surface area (Å²) in [6, 6.07) is 11.5. The smallest absolute Gasteiger partial charge is 0.255 e. The van der Waals surface area contributed by atoms with Crippen LogP contribution in [0, 0.1) is 17.8 Å². The molecule has 4 nitrogen and oxygen atoms in total. The van der Waals surface area contributed by atoms with E-state index < -0.39 is 0 Å². The average molecular weight is 322 g/mol. The van der Waals surface area contributed by atoms with Gasteiger partial charge in [0.25, 0.3) is 5.91 Å². The summed E-state index contributed by atoms with van der Waals surface area (Å²) >= 11 is 0. The molecular formula is C20H22N2O2. The minimum absolute atomic E-state index is 0.0955. The molecule has 4 fully saturated rings. The number of piperidine rings is 3. The van der Waals surface area contributed by atoms with E-state index in [4.69, 9.17) is 0 Å². The van der Waals surface area contributed by atoms with Gasteiger partial charge in [0, 0.05) is 31.1 Å². The third-order valence-corrected chi connectivity index (χ3v) is 6.23. The Kier molecular flexibility index (Phi) is 3.10. The maximum absolute atomic E-state index is 12.8. The predicted molar refractivity (Wildman–Crippen MR) is 93.0 cm³/mol. The summed E-state index contributed by atoms with van der Waals surface area (Å²) in [4.78, 5) is 15.4. The number of hydrogen-bond donors (Lipinski definition) is 2. The van der Waals surface area contributed by atoms with Gasteiger partial charge in [0.05, 0.1) is 5.56 Å². The quantitative estimate of drug-likeness (QED) is 0.894. The van der Waals surface area contributed by atoms with Gasteiger partial charge in [-0.25, -0.2) is 0 Å². The van der Waals surface area contributed by atoms with Crippen LogP contribution < -0.4 is 5.32 Å². The summed E-state index contributed by atoms with van der Waals surface area (Å²) < 4.78 is 0. The van der Waals surface area contributed by atoms with Gasteiger partial charge in [-0.2, -0.15) is 0 Å². The molecule has 1 amide bonds. The largest absolute Gasteiger partial charge is 0.506 e. The Hall–Kier alpha value is -2.07. The molecule has 124 valence electrons. The first-order valence-electron chi connectivity index (χ1n) is 8.93. The minimum Gasteiger partial charge on any atom is -0.506 e. The minimum atomic E-state index is -0.134. The number of nitrogens with zero attached hydrogens (tertiary/aromatic N) is 1. The lowest BCUT2D eigenvalue weighted by molar-refractivity contribution is -0.0418. The molecule has 3 heterocycles. The van der Waals surface area contributed by atoms with E-state index in [1.165, 1.54) is 19.4 Å². The summed E-state index contributed by atoms with van der Waals surface area (Å²) in [6.07, 6.45) is 2.48. The molecule has 0 aromatic heterocycles. The Morgan fingerprint density at radius 2 is 1.79 bits per heavy atom. The lowest BCUT2D eigenvalue weighted by Gasteiger charge is -2.55. The van der Waals surface area contributed by atoms with Crippen LogP contribution in [0.4, 0.5) is 0 Å². The van der Waals surface area contributed by atoms with Crippen molar-refractivity contribution in [3.8, 4) is 5.75 Å². The molecule has 4 heteroatoms. The van der Waals surface area contributed by atoms with Gasteiger partial charge < -0.3 is 15.3 Å². The zero-order valence-electron chi connectivity index (χ0n) is 13.6. The van der Waals surface area contributed by atoms with E-state index in [-0.39, 0.29) is 17.7 Å². The maximum atomic E-state index is 12.8. The predicted octanol–water partition coefficient (Wildman–Crippen LogP) is 2.62. The maximum Gasteiger partial charge on any atom is 0.255 e. The first kappa shape index (κ1) is 14.3. The van der Waals surface area contributed by atoms with Gasteiger partial charge in [-0.1, -0.05) is 30.3 Å². The molecule has 1 saturated carbocycles. The number of phenolic OH excluding ortho intramolecular Hbond substituents is 1. The highest BCUT2D eigenvalue weighted by Gasteiger charge is 2.47. The molecule has 1 aliphatic carbocycles. The highest BCUT2D eigenvalue weighted by molar-refractivity contribution is 6.03. The molecule has 4 bridgehead atoms. The second-order valence-electron chi connectivity index (χ2n) is 7.76. The molecule has 3 aliphatic heterocycles. The Bertz CT molecular complexity index is 788.